The van der Waals surface area contributed by atoms with Crippen molar-refractivity contribution in [1.82, 2.24) is 4.98 Å². The number of hydrogen-bond donors (Lipinski definition) is 1. The fraction of sp³-hybridized carbons (Fsp3) is 0.444. The van der Waals surface area contributed by atoms with Gasteiger partial charge in [0.1, 0.15) is 9.84 Å². The minimum Gasteiger partial charge on any atom is -0.323 e. The maximum absolute atomic E-state index is 11.0. The molecule has 0 fully saturated rings. The fourth-order valence-corrected chi connectivity index (χ4v) is 2.11. The van der Waals surface area contributed by atoms with E-state index in [4.69, 9.17) is 5.73 Å². The molecule has 0 radical (unpaired) electrons. The van der Waals surface area contributed by atoms with Crippen LogP contribution >= 0.6 is 0 Å². The van der Waals surface area contributed by atoms with Crippen LogP contribution in [0.2, 0.25) is 0 Å². The minimum atomic E-state index is -3.04. The highest BCUT2D eigenvalue weighted by molar-refractivity contribution is 7.90. The van der Waals surface area contributed by atoms with Gasteiger partial charge in [-0.15, -0.1) is 0 Å². The van der Waals surface area contributed by atoms with E-state index < -0.39 is 15.9 Å². The first-order chi connectivity index (χ1) is 6.40. The van der Waals surface area contributed by atoms with E-state index in [1.165, 1.54) is 6.26 Å². The third-order valence-corrected chi connectivity index (χ3v) is 2.93. The summed E-state index contributed by atoms with van der Waals surface area (Å²) in [6.45, 7) is 1.89. The predicted octanol–water partition coefficient (Wildman–Crippen LogP) is 0.434. The fourth-order valence-electron chi connectivity index (χ4n) is 1.28. The number of nitrogens with zero attached hydrogens (tertiary/aromatic N) is 1. The van der Waals surface area contributed by atoms with E-state index in [9.17, 15) is 8.42 Å². The highest BCUT2D eigenvalue weighted by Crippen LogP contribution is 2.14. The van der Waals surface area contributed by atoms with Crippen LogP contribution in [0.1, 0.15) is 17.2 Å². The summed E-state index contributed by atoms with van der Waals surface area (Å²) in [6.07, 6.45) is 4.45. The van der Waals surface area contributed by atoms with Crippen LogP contribution in [0.15, 0.2) is 18.5 Å². The van der Waals surface area contributed by atoms with Crippen molar-refractivity contribution >= 4 is 9.84 Å². The molecule has 2 N–H and O–H groups in total. The number of pyridine rings is 1. The van der Waals surface area contributed by atoms with Gasteiger partial charge < -0.3 is 5.73 Å². The van der Waals surface area contributed by atoms with E-state index in [0.29, 0.717) is 0 Å². The molecule has 1 heterocycles. The average molecular weight is 214 g/mol. The third kappa shape index (κ3) is 3.08. The first-order valence-electron chi connectivity index (χ1n) is 4.24. The van der Waals surface area contributed by atoms with Gasteiger partial charge in [-0.05, 0) is 24.1 Å². The van der Waals surface area contributed by atoms with Gasteiger partial charge in [0.15, 0.2) is 0 Å². The molecule has 1 aromatic heterocycles. The molecule has 14 heavy (non-hydrogen) atoms. The second kappa shape index (κ2) is 4.06. The van der Waals surface area contributed by atoms with Gasteiger partial charge in [0, 0.05) is 24.7 Å². The van der Waals surface area contributed by atoms with Crippen molar-refractivity contribution in [2.45, 2.75) is 13.0 Å². The number of hydrogen-bond acceptors (Lipinski definition) is 4. The monoisotopic (exact) mass is 214 g/mol. The van der Waals surface area contributed by atoms with Gasteiger partial charge in [-0.2, -0.15) is 0 Å². The second-order valence-electron chi connectivity index (χ2n) is 3.43. The van der Waals surface area contributed by atoms with Crippen LogP contribution in [0, 0.1) is 6.92 Å². The number of sulfone groups is 1. The van der Waals surface area contributed by atoms with Crippen LogP contribution in [0.3, 0.4) is 0 Å². The van der Waals surface area contributed by atoms with Crippen LogP contribution in [0.4, 0.5) is 0 Å². The molecule has 78 valence electrons. The Labute approximate surface area is 84.1 Å². The number of aromatic nitrogens is 1. The topological polar surface area (TPSA) is 73.0 Å². The molecule has 1 unspecified atom stereocenters. The highest BCUT2D eigenvalue weighted by Gasteiger charge is 2.14. The van der Waals surface area contributed by atoms with E-state index in [1.54, 1.807) is 12.4 Å². The van der Waals surface area contributed by atoms with Crippen molar-refractivity contribution in [2.24, 2.45) is 5.73 Å². The van der Waals surface area contributed by atoms with Crippen LogP contribution in [0.25, 0.3) is 0 Å². The first kappa shape index (κ1) is 11.1. The molecule has 0 aromatic carbocycles. The molecule has 0 aliphatic rings. The van der Waals surface area contributed by atoms with E-state index in [-0.39, 0.29) is 5.75 Å². The maximum Gasteiger partial charge on any atom is 0.149 e. The highest BCUT2D eigenvalue weighted by atomic mass is 32.2. The van der Waals surface area contributed by atoms with Gasteiger partial charge in [-0.3, -0.25) is 4.98 Å². The van der Waals surface area contributed by atoms with E-state index >= 15 is 0 Å². The summed E-state index contributed by atoms with van der Waals surface area (Å²) in [7, 11) is -3.04. The predicted molar refractivity (Wildman–Crippen MR) is 55.6 cm³/mol. The second-order valence-corrected chi connectivity index (χ2v) is 5.62. The summed E-state index contributed by atoms with van der Waals surface area (Å²) in [4.78, 5) is 3.92. The lowest BCUT2D eigenvalue weighted by Crippen LogP contribution is -2.21. The molecule has 0 spiro atoms. The first-order valence-corrected chi connectivity index (χ1v) is 6.30. The van der Waals surface area contributed by atoms with Crippen molar-refractivity contribution in [3.8, 4) is 0 Å². The number of rotatable bonds is 3. The Balaban J connectivity index is 2.90. The molecule has 4 nitrogen and oxygen atoms in total. The van der Waals surface area contributed by atoms with Crippen molar-refractivity contribution < 1.29 is 8.42 Å². The summed E-state index contributed by atoms with van der Waals surface area (Å²) >= 11 is 0. The standard InChI is InChI=1S/C9H14N2O2S/c1-7-3-4-11-5-8(7)9(10)6-14(2,12)13/h3-5,9H,6,10H2,1-2H3. The molecule has 0 bridgehead atoms. The summed E-state index contributed by atoms with van der Waals surface area (Å²) in [5.74, 6) is -0.0421. The molecule has 1 aromatic rings. The van der Waals surface area contributed by atoms with E-state index in [2.05, 4.69) is 4.98 Å². The lowest BCUT2D eigenvalue weighted by atomic mass is 10.1. The normalized spacial score (nSPS) is 13.9. The molecule has 0 saturated carbocycles. The van der Waals surface area contributed by atoms with E-state index in [1.807, 2.05) is 13.0 Å². The summed E-state index contributed by atoms with van der Waals surface area (Å²) in [6, 6.07) is 1.33. The lowest BCUT2D eigenvalue weighted by Gasteiger charge is -2.12. The van der Waals surface area contributed by atoms with Gasteiger partial charge in [0.25, 0.3) is 0 Å². The number of aryl methyl sites for hydroxylation is 1. The zero-order chi connectivity index (χ0) is 10.8. The third-order valence-electron chi connectivity index (χ3n) is 1.96. The van der Waals surface area contributed by atoms with Gasteiger partial charge in [-0.25, -0.2) is 8.42 Å². The zero-order valence-electron chi connectivity index (χ0n) is 8.27. The molecule has 5 heteroatoms. The Hall–Kier alpha value is -0.940. The SMILES string of the molecule is Cc1ccncc1C(N)CS(C)(=O)=O. The van der Waals surface area contributed by atoms with Crippen molar-refractivity contribution in [3.05, 3.63) is 29.6 Å². The van der Waals surface area contributed by atoms with Crippen LogP contribution < -0.4 is 5.73 Å². The molecule has 0 amide bonds. The Morgan fingerprint density at radius 1 is 1.57 bits per heavy atom. The van der Waals surface area contributed by atoms with Crippen molar-refractivity contribution in [1.29, 1.82) is 0 Å². The van der Waals surface area contributed by atoms with E-state index in [0.717, 1.165) is 11.1 Å². The van der Waals surface area contributed by atoms with Crippen LogP contribution in [0.5, 0.6) is 0 Å². The van der Waals surface area contributed by atoms with Crippen molar-refractivity contribution in [2.75, 3.05) is 12.0 Å². The van der Waals surface area contributed by atoms with Crippen LogP contribution in [-0.2, 0) is 9.84 Å². The molecule has 1 rings (SSSR count). The Morgan fingerprint density at radius 3 is 2.71 bits per heavy atom. The zero-order valence-corrected chi connectivity index (χ0v) is 9.08. The summed E-state index contributed by atoms with van der Waals surface area (Å²) in [5, 5.41) is 0. The summed E-state index contributed by atoms with van der Waals surface area (Å²) < 4.78 is 22.1. The minimum absolute atomic E-state index is 0.0421. The quantitative estimate of drug-likeness (QED) is 0.792. The number of nitrogens with two attached hydrogens (primary N) is 1. The lowest BCUT2D eigenvalue weighted by molar-refractivity contribution is 0.594. The smallest absolute Gasteiger partial charge is 0.149 e. The summed E-state index contributed by atoms with van der Waals surface area (Å²) in [5.41, 5.74) is 7.52. The molecule has 1 atom stereocenters. The molecule has 0 aliphatic heterocycles. The Morgan fingerprint density at radius 2 is 2.21 bits per heavy atom. The van der Waals surface area contributed by atoms with Gasteiger partial charge in [-0.1, -0.05) is 0 Å². The maximum atomic E-state index is 11.0. The molecular formula is C9H14N2O2S. The average Bonchev–Trinajstić information content (AvgIpc) is 2.01. The Kier molecular flexibility index (Phi) is 3.23. The largest absolute Gasteiger partial charge is 0.323 e. The van der Waals surface area contributed by atoms with Crippen LogP contribution in [-0.4, -0.2) is 25.4 Å². The molecule has 0 aliphatic carbocycles. The van der Waals surface area contributed by atoms with Crippen molar-refractivity contribution in [3.63, 3.8) is 0 Å². The van der Waals surface area contributed by atoms with Gasteiger partial charge in [0.05, 0.1) is 5.75 Å². The van der Waals surface area contributed by atoms with Gasteiger partial charge in [0.2, 0.25) is 0 Å². The molecular weight excluding hydrogens is 200 g/mol. The van der Waals surface area contributed by atoms with Gasteiger partial charge >= 0.3 is 0 Å². The molecule has 0 saturated heterocycles. The Bertz CT molecular complexity index is 415.